The molecule has 0 amide bonds. The average molecular weight is 250 g/mol. The quantitative estimate of drug-likeness (QED) is 0.891. The third kappa shape index (κ3) is 2.31. The summed E-state index contributed by atoms with van der Waals surface area (Å²) in [5.74, 6) is 0. The average Bonchev–Trinajstić information content (AvgIpc) is 2.62. The van der Waals surface area contributed by atoms with Crippen LogP contribution in [0.1, 0.15) is 49.2 Å². The number of hydrogen-bond donors (Lipinski definition) is 1. The van der Waals surface area contributed by atoms with Crippen LogP contribution < -0.4 is 5.73 Å². The Labute approximate surface area is 110 Å². The minimum atomic E-state index is 0.424. The number of likely N-dealkylation sites (tertiary alicyclic amines) is 1. The number of nitrogens with two attached hydrogens (primary N) is 1. The maximum Gasteiger partial charge on any atom is 0.0644 e. The van der Waals surface area contributed by atoms with E-state index >= 15 is 0 Å². The molecular formula is C14H26N4. The SMILES string of the molecule is Cc1nn(C)c(C)c1C(C)N1CCCCC1CN. The van der Waals surface area contributed by atoms with Gasteiger partial charge in [-0.05, 0) is 40.2 Å². The van der Waals surface area contributed by atoms with E-state index in [2.05, 4.69) is 30.8 Å². The van der Waals surface area contributed by atoms with E-state index in [1.54, 1.807) is 0 Å². The Morgan fingerprint density at radius 2 is 2.11 bits per heavy atom. The molecule has 1 aromatic heterocycles. The molecule has 0 radical (unpaired) electrons. The predicted molar refractivity (Wildman–Crippen MR) is 74.5 cm³/mol. The van der Waals surface area contributed by atoms with Crippen LogP contribution in [0.2, 0.25) is 0 Å². The van der Waals surface area contributed by atoms with Gasteiger partial charge in [-0.15, -0.1) is 0 Å². The van der Waals surface area contributed by atoms with Gasteiger partial charge in [0.05, 0.1) is 5.69 Å². The summed E-state index contributed by atoms with van der Waals surface area (Å²) in [4.78, 5) is 2.57. The molecule has 0 aromatic carbocycles. The highest BCUT2D eigenvalue weighted by Crippen LogP contribution is 2.31. The first kappa shape index (κ1) is 13.6. The van der Waals surface area contributed by atoms with E-state index in [0.29, 0.717) is 12.1 Å². The third-order valence-electron chi connectivity index (χ3n) is 4.42. The number of nitrogens with zero attached hydrogens (tertiary/aromatic N) is 3. The lowest BCUT2D eigenvalue weighted by Gasteiger charge is -2.39. The second-order valence-electron chi connectivity index (χ2n) is 5.51. The number of piperidine rings is 1. The largest absolute Gasteiger partial charge is 0.329 e. The molecule has 1 fully saturated rings. The zero-order valence-electron chi connectivity index (χ0n) is 12.1. The van der Waals surface area contributed by atoms with Crippen molar-refractivity contribution < 1.29 is 0 Å². The molecule has 102 valence electrons. The van der Waals surface area contributed by atoms with Gasteiger partial charge in [-0.25, -0.2) is 0 Å². The summed E-state index contributed by atoms with van der Waals surface area (Å²) in [6.07, 6.45) is 3.84. The maximum absolute atomic E-state index is 5.93. The Hall–Kier alpha value is -0.870. The number of hydrogen-bond acceptors (Lipinski definition) is 3. The second-order valence-corrected chi connectivity index (χ2v) is 5.51. The van der Waals surface area contributed by atoms with Gasteiger partial charge < -0.3 is 5.73 Å². The first-order valence-electron chi connectivity index (χ1n) is 7.02. The first-order chi connectivity index (χ1) is 8.56. The van der Waals surface area contributed by atoms with Crippen molar-refractivity contribution >= 4 is 0 Å². The van der Waals surface area contributed by atoms with Crippen LogP contribution in [-0.2, 0) is 7.05 Å². The molecule has 18 heavy (non-hydrogen) atoms. The monoisotopic (exact) mass is 250 g/mol. The summed E-state index contributed by atoms with van der Waals surface area (Å²) in [5, 5.41) is 4.54. The van der Waals surface area contributed by atoms with Crippen molar-refractivity contribution in [2.24, 2.45) is 12.8 Å². The zero-order valence-corrected chi connectivity index (χ0v) is 12.1. The second kappa shape index (κ2) is 5.41. The molecule has 0 bridgehead atoms. The Morgan fingerprint density at radius 1 is 1.39 bits per heavy atom. The van der Waals surface area contributed by atoms with E-state index in [4.69, 9.17) is 5.73 Å². The molecule has 0 aliphatic carbocycles. The van der Waals surface area contributed by atoms with Gasteiger partial charge in [-0.2, -0.15) is 5.10 Å². The van der Waals surface area contributed by atoms with E-state index in [0.717, 1.165) is 18.8 Å². The van der Waals surface area contributed by atoms with Gasteiger partial charge >= 0.3 is 0 Å². The highest BCUT2D eigenvalue weighted by molar-refractivity contribution is 5.28. The lowest BCUT2D eigenvalue weighted by atomic mass is 9.96. The first-order valence-corrected chi connectivity index (χ1v) is 7.02. The summed E-state index contributed by atoms with van der Waals surface area (Å²) >= 11 is 0. The van der Waals surface area contributed by atoms with Gasteiger partial charge in [0.2, 0.25) is 0 Å². The molecule has 1 aromatic rings. The van der Waals surface area contributed by atoms with E-state index < -0.39 is 0 Å². The molecule has 0 saturated carbocycles. The van der Waals surface area contributed by atoms with Crippen molar-refractivity contribution in [3.63, 3.8) is 0 Å². The van der Waals surface area contributed by atoms with Crippen LogP contribution in [0.4, 0.5) is 0 Å². The van der Waals surface area contributed by atoms with Crippen molar-refractivity contribution in [3.8, 4) is 0 Å². The number of aryl methyl sites for hydroxylation is 2. The number of aromatic nitrogens is 2. The van der Waals surface area contributed by atoms with Crippen molar-refractivity contribution in [1.82, 2.24) is 14.7 Å². The molecule has 2 unspecified atom stereocenters. The molecule has 2 rings (SSSR count). The Bertz CT molecular complexity index is 410. The highest BCUT2D eigenvalue weighted by atomic mass is 15.3. The van der Waals surface area contributed by atoms with Crippen LogP contribution in [0.25, 0.3) is 0 Å². The molecule has 1 aliphatic rings. The van der Waals surface area contributed by atoms with Gasteiger partial charge in [-0.3, -0.25) is 9.58 Å². The lowest BCUT2D eigenvalue weighted by molar-refractivity contribution is 0.107. The molecule has 1 saturated heterocycles. The smallest absolute Gasteiger partial charge is 0.0644 e. The van der Waals surface area contributed by atoms with E-state index in [-0.39, 0.29) is 0 Å². The minimum absolute atomic E-state index is 0.424. The fraction of sp³-hybridized carbons (Fsp3) is 0.786. The summed E-state index contributed by atoms with van der Waals surface area (Å²) in [7, 11) is 2.02. The lowest BCUT2D eigenvalue weighted by Crippen LogP contribution is -2.45. The Balaban J connectivity index is 2.26. The van der Waals surface area contributed by atoms with Gasteiger partial charge in [-0.1, -0.05) is 6.42 Å². The van der Waals surface area contributed by atoms with E-state index in [1.807, 2.05) is 11.7 Å². The van der Waals surface area contributed by atoms with Gasteiger partial charge in [0, 0.05) is 36.9 Å². The van der Waals surface area contributed by atoms with Crippen LogP contribution in [-0.4, -0.2) is 33.8 Å². The fourth-order valence-corrected chi connectivity index (χ4v) is 3.35. The molecule has 2 heterocycles. The minimum Gasteiger partial charge on any atom is -0.329 e. The van der Waals surface area contributed by atoms with Crippen LogP contribution >= 0.6 is 0 Å². The van der Waals surface area contributed by atoms with Crippen LogP contribution in [0, 0.1) is 13.8 Å². The topological polar surface area (TPSA) is 47.1 Å². The molecule has 1 aliphatic heterocycles. The summed E-state index contributed by atoms with van der Waals surface area (Å²) in [6.45, 7) is 8.50. The van der Waals surface area contributed by atoms with Crippen molar-refractivity contribution in [3.05, 3.63) is 17.0 Å². The molecule has 2 N–H and O–H groups in total. The van der Waals surface area contributed by atoms with Crippen LogP contribution in [0.15, 0.2) is 0 Å². The fourth-order valence-electron chi connectivity index (χ4n) is 3.35. The summed E-state index contributed by atoms with van der Waals surface area (Å²) in [6, 6.07) is 0.959. The third-order valence-corrected chi connectivity index (χ3v) is 4.42. The predicted octanol–water partition coefficient (Wildman–Crippen LogP) is 1.91. The highest BCUT2D eigenvalue weighted by Gasteiger charge is 2.29. The van der Waals surface area contributed by atoms with E-state index in [1.165, 1.54) is 30.5 Å². The van der Waals surface area contributed by atoms with Gasteiger partial charge in [0.1, 0.15) is 0 Å². The normalized spacial score (nSPS) is 23.3. The molecule has 0 spiro atoms. The zero-order chi connectivity index (χ0) is 13.3. The Morgan fingerprint density at radius 3 is 2.67 bits per heavy atom. The molecule has 4 heteroatoms. The van der Waals surface area contributed by atoms with Gasteiger partial charge in [0.15, 0.2) is 0 Å². The maximum atomic E-state index is 5.93. The van der Waals surface area contributed by atoms with Crippen LogP contribution in [0.5, 0.6) is 0 Å². The van der Waals surface area contributed by atoms with E-state index in [9.17, 15) is 0 Å². The molecule has 4 nitrogen and oxygen atoms in total. The standard InChI is InChI=1S/C14H26N4/c1-10-14(11(2)17(4)16-10)12(3)18-8-6-5-7-13(18)9-15/h12-13H,5-9,15H2,1-4H3. The molecule has 2 atom stereocenters. The van der Waals surface area contributed by atoms with Crippen molar-refractivity contribution in [1.29, 1.82) is 0 Å². The Kier molecular flexibility index (Phi) is 4.07. The van der Waals surface area contributed by atoms with Crippen LogP contribution in [0.3, 0.4) is 0 Å². The van der Waals surface area contributed by atoms with Gasteiger partial charge in [0.25, 0.3) is 0 Å². The summed E-state index contributed by atoms with van der Waals surface area (Å²) < 4.78 is 1.99. The van der Waals surface area contributed by atoms with Crippen molar-refractivity contribution in [2.45, 2.75) is 52.1 Å². The van der Waals surface area contributed by atoms with Crippen molar-refractivity contribution in [2.75, 3.05) is 13.1 Å². The molecular weight excluding hydrogens is 224 g/mol. The number of rotatable bonds is 3. The summed E-state index contributed by atoms with van der Waals surface area (Å²) in [5.41, 5.74) is 9.75.